The lowest BCUT2D eigenvalue weighted by Crippen LogP contribution is -2.40. The summed E-state index contributed by atoms with van der Waals surface area (Å²) in [6, 6.07) is 7.71. The highest BCUT2D eigenvalue weighted by Gasteiger charge is 2.27. The lowest BCUT2D eigenvalue weighted by atomic mass is 9.92. The minimum absolute atomic E-state index is 0.0848. The number of thioether (sulfide) groups is 1. The second-order valence-electron chi connectivity index (χ2n) is 8.21. The number of anilines is 1. The first kappa shape index (κ1) is 21.3. The number of rotatable bonds is 7. The highest BCUT2D eigenvalue weighted by atomic mass is 32.2. The average Bonchev–Trinajstić information content (AvgIpc) is 3.36. The molecule has 8 nitrogen and oxygen atoms in total. The molecule has 0 saturated carbocycles. The predicted molar refractivity (Wildman–Crippen MR) is 118 cm³/mol. The molecule has 164 valence electrons. The van der Waals surface area contributed by atoms with Crippen molar-refractivity contribution in [3.8, 4) is 11.5 Å². The van der Waals surface area contributed by atoms with Gasteiger partial charge >= 0.3 is 0 Å². The van der Waals surface area contributed by atoms with E-state index in [9.17, 15) is 15.0 Å². The first-order valence-electron chi connectivity index (χ1n) is 10.3. The van der Waals surface area contributed by atoms with Crippen LogP contribution in [0.5, 0.6) is 11.5 Å². The third-order valence-electron chi connectivity index (χ3n) is 5.36. The van der Waals surface area contributed by atoms with Crippen LogP contribution in [0.1, 0.15) is 36.4 Å². The van der Waals surface area contributed by atoms with E-state index in [0.29, 0.717) is 23.5 Å². The molecule has 0 amide bonds. The third kappa shape index (κ3) is 4.87. The molecule has 4 rings (SSSR count). The molecule has 9 heteroatoms. The Kier molecular flexibility index (Phi) is 6.22. The Balaban J connectivity index is 1.56. The van der Waals surface area contributed by atoms with Gasteiger partial charge < -0.3 is 19.5 Å². The van der Waals surface area contributed by atoms with Gasteiger partial charge in [-0.3, -0.25) is 9.36 Å². The van der Waals surface area contributed by atoms with Crippen LogP contribution in [-0.4, -0.2) is 49.6 Å². The maximum atomic E-state index is 12.6. The zero-order chi connectivity index (χ0) is 22.0. The van der Waals surface area contributed by atoms with E-state index in [1.807, 2.05) is 16.7 Å². The number of carbonyl (C=O) groups is 1. The number of piperidine rings is 1. The fraction of sp³-hybridized carbons (Fsp3) is 0.409. The zero-order valence-electron chi connectivity index (χ0n) is 17.6. The van der Waals surface area contributed by atoms with Gasteiger partial charge in [0, 0.05) is 19.2 Å². The predicted octanol–water partition coefficient (Wildman–Crippen LogP) is 3.79. The Labute approximate surface area is 184 Å². The highest BCUT2D eigenvalue weighted by molar-refractivity contribution is 7.99. The number of hydrogen-bond donors (Lipinski definition) is 2. The number of nitrogens with zero attached hydrogens (tertiary/aromatic N) is 4. The summed E-state index contributed by atoms with van der Waals surface area (Å²) < 4.78 is 7.52. The molecule has 1 saturated heterocycles. The van der Waals surface area contributed by atoms with Gasteiger partial charge in [0.1, 0.15) is 17.3 Å². The van der Waals surface area contributed by atoms with Gasteiger partial charge in [0.05, 0.1) is 24.1 Å². The molecule has 2 N–H and O–H groups in total. The van der Waals surface area contributed by atoms with E-state index in [1.165, 1.54) is 30.3 Å². The summed E-state index contributed by atoms with van der Waals surface area (Å²) in [5, 5.41) is 28.8. The van der Waals surface area contributed by atoms with Crippen LogP contribution in [0, 0.1) is 11.8 Å². The van der Waals surface area contributed by atoms with Crippen LogP contribution in [0.15, 0.2) is 46.2 Å². The first-order valence-corrected chi connectivity index (χ1v) is 11.3. The molecule has 2 aromatic heterocycles. The second kappa shape index (κ2) is 9.05. The van der Waals surface area contributed by atoms with Crippen molar-refractivity contribution in [2.24, 2.45) is 11.8 Å². The Bertz CT molecular complexity index is 1040. The van der Waals surface area contributed by atoms with Crippen LogP contribution in [-0.2, 0) is 6.54 Å². The Morgan fingerprint density at radius 2 is 1.97 bits per heavy atom. The third-order valence-corrected chi connectivity index (χ3v) is 6.32. The molecular weight excluding hydrogens is 416 g/mol. The van der Waals surface area contributed by atoms with E-state index in [1.54, 1.807) is 6.26 Å². The number of ketones is 1. The molecule has 0 radical (unpaired) electrons. The molecule has 0 unspecified atom stereocenters. The Morgan fingerprint density at radius 1 is 1.19 bits per heavy atom. The lowest BCUT2D eigenvalue weighted by molar-refractivity contribution is 0.102. The number of benzene rings is 1. The molecule has 0 aliphatic carbocycles. The van der Waals surface area contributed by atoms with Crippen LogP contribution in [0.3, 0.4) is 0 Å². The molecule has 0 bridgehead atoms. The second-order valence-corrected chi connectivity index (χ2v) is 9.15. The molecule has 3 aromatic rings. The Morgan fingerprint density at radius 3 is 2.65 bits per heavy atom. The first-order chi connectivity index (χ1) is 14.9. The maximum Gasteiger partial charge on any atom is 0.228 e. The van der Waals surface area contributed by atoms with Crippen molar-refractivity contribution in [3.05, 3.63) is 47.9 Å². The monoisotopic (exact) mass is 442 g/mol. The molecule has 1 aromatic carbocycles. The maximum absolute atomic E-state index is 12.6. The van der Waals surface area contributed by atoms with Crippen molar-refractivity contribution >= 4 is 23.5 Å². The summed E-state index contributed by atoms with van der Waals surface area (Å²) in [6.45, 7) is 6.77. The van der Waals surface area contributed by atoms with Crippen molar-refractivity contribution in [2.75, 3.05) is 23.7 Å². The fourth-order valence-electron chi connectivity index (χ4n) is 4.11. The normalized spacial score (nSPS) is 19.0. The molecule has 0 spiro atoms. The van der Waals surface area contributed by atoms with Crippen molar-refractivity contribution < 1.29 is 19.4 Å². The van der Waals surface area contributed by atoms with Crippen LogP contribution in [0.4, 0.5) is 5.95 Å². The van der Waals surface area contributed by atoms with Crippen LogP contribution >= 0.6 is 11.8 Å². The topological polar surface area (TPSA) is 105 Å². The van der Waals surface area contributed by atoms with E-state index in [2.05, 4.69) is 28.9 Å². The molecule has 1 aliphatic heterocycles. The summed E-state index contributed by atoms with van der Waals surface area (Å²) in [7, 11) is 0. The number of aromatic nitrogens is 3. The van der Waals surface area contributed by atoms with E-state index in [-0.39, 0.29) is 28.6 Å². The lowest BCUT2D eigenvalue weighted by Gasteiger charge is -2.35. The number of Topliss-reactive ketones (excluding diaryl/α,β-unsaturated/α-hetero) is 1. The largest absolute Gasteiger partial charge is 0.508 e. The summed E-state index contributed by atoms with van der Waals surface area (Å²) in [5.41, 5.74) is 0.168. The highest BCUT2D eigenvalue weighted by Crippen LogP contribution is 2.30. The summed E-state index contributed by atoms with van der Waals surface area (Å²) >= 11 is 1.27. The van der Waals surface area contributed by atoms with Crippen molar-refractivity contribution in [2.45, 2.75) is 32.0 Å². The van der Waals surface area contributed by atoms with Gasteiger partial charge in [-0.15, -0.1) is 10.2 Å². The molecule has 1 fully saturated rings. The van der Waals surface area contributed by atoms with Gasteiger partial charge in [-0.25, -0.2) is 0 Å². The van der Waals surface area contributed by atoms with Crippen molar-refractivity contribution in [1.29, 1.82) is 0 Å². The molecular formula is C22H26N4O4S. The van der Waals surface area contributed by atoms with Crippen LogP contribution in [0.2, 0.25) is 0 Å². The SMILES string of the molecule is C[C@H]1C[C@H](C)CN(c2nnc(SCC(=O)c3ccc(O)cc3O)n2Cc2ccco2)C1. The standard InChI is InChI=1S/C22H26N4O4S/c1-14-8-15(2)11-25(10-14)21-23-24-22(26(21)12-17-4-3-7-30-17)31-13-20(29)18-6-5-16(27)9-19(18)28/h3-7,9,14-15,27-28H,8,10-13H2,1-2H3/t14-,15-/m0/s1. The quantitative estimate of drug-likeness (QED) is 0.421. The van der Waals surface area contributed by atoms with Gasteiger partial charge in [-0.2, -0.15) is 0 Å². The Hall–Kier alpha value is -2.94. The van der Waals surface area contributed by atoms with Crippen molar-refractivity contribution in [1.82, 2.24) is 14.8 Å². The molecule has 3 heterocycles. The van der Waals surface area contributed by atoms with Gasteiger partial charge in [0.25, 0.3) is 0 Å². The number of hydrogen-bond acceptors (Lipinski definition) is 8. The number of carbonyl (C=O) groups excluding carboxylic acids is 1. The number of aromatic hydroxyl groups is 2. The fourth-order valence-corrected chi connectivity index (χ4v) is 4.92. The number of phenolic OH excluding ortho intramolecular Hbond substituents is 2. The van der Waals surface area contributed by atoms with E-state index >= 15 is 0 Å². The number of furan rings is 1. The van der Waals surface area contributed by atoms with Crippen LogP contribution < -0.4 is 4.90 Å². The van der Waals surface area contributed by atoms with Gasteiger partial charge in [0.15, 0.2) is 10.9 Å². The summed E-state index contributed by atoms with van der Waals surface area (Å²) in [5.74, 6) is 2.19. The minimum atomic E-state index is -0.253. The van der Waals surface area contributed by atoms with E-state index in [0.717, 1.165) is 30.9 Å². The van der Waals surface area contributed by atoms with Gasteiger partial charge in [-0.1, -0.05) is 25.6 Å². The number of phenols is 2. The van der Waals surface area contributed by atoms with Crippen molar-refractivity contribution in [3.63, 3.8) is 0 Å². The zero-order valence-corrected chi connectivity index (χ0v) is 18.4. The molecule has 1 aliphatic rings. The van der Waals surface area contributed by atoms with E-state index < -0.39 is 0 Å². The summed E-state index contributed by atoms with van der Waals surface area (Å²) in [6.07, 6.45) is 2.82. The molecule has 31 heavy (non-hydrogen) atoms. The molecule has 2 atom stereocenters. The summed E-state index contributed by atoms with van der Waals surface area (Å²) in [4.78, 5) is 14.9. The van der Waals surface area contributed by atoms with Gasteiger partial charge in [-0.05, 0) is 42.5 Å². The van der Waals surface area contributed by atoms with Crippen LogP contribution in [0.25, 0.3) is 0 Å². The average molecular weight is 443 g/mol. The van der Waals surface area contributed by atoms with E-state index in [4.69, 9.17) is 4.42 Å². The minimum Gasteiger partial charge on any atom is -0.508 e. The smallest absolute Gasteiger partial charge is 0.228 e. The van der Waals surface area contributed by atoms with Gasteiger partial charge in [0.2, 0.25) is 5.95 Å².